The number of amides is 2. The number of aliphatic hydroxyl groups excluding tert-OH is 2. The van der Waals surface area contributed by atoms with Gasteiger partial charge in [0, 0.05) is 41.3 Å². The van der Waals surface area contributed by atoms with Gasteiger partial charge in [-0.25, -0.2) is 9.37 Å². The van der Waals surface area contributed by atoms with Crippen molar-refractivity contribution in [2.45, 2.75) is 71.3 Å². The van der Waals surface area contributed by atoms with Crippen molar-refractivity contribution in [1.82, 2.24) is 9.88 Å². The van der Waals surface area contributed by atoms with E-state index in [2.05, 4.69) is 19.2 Å². The van der Waals surface area contributed by atoms with Crippen LogP contribution in [0.2, 0.25) is 0 Å². The Hall–Kier alpha value is -2.36. The minimum atomic E-state index is -0.700. The molecule has 1 aliphatic heterocycles. The molecule has 38 heavy (non-hydrogen) atoms. The van der Waals surface area contributed by atoms with Crippen LogP contribution in [0.4, 0.5) is 9.52 Å². The molecule has 3 aliphatic rings. The number of rotatable bonds is 5. The average Bonchev–Trinajstić information content (AvgIpc) is 3.30. The molecule has 2 fully saturated rings. The number of hydrogen-bond acceptors (Lipinski definition) is 6. The van der Waals surface area contributed by atoms with Crippen molar-refractivity contribution in [2.75, 3.05) is 25.0 Å². The van der Waals surface area contributed by atoms with Gasteiger partial charge in [-0.15, -0.1) is 11.3 Å². The zero-order chi connectivity index (χ0) is 27.2. The lowest BCUT2D eigenvalue weighted by molar-refractivity contribution is -0.147. The Bertz CT molecular complexity index is 1190. The van der Waals surface area contributed by atoms with Gasteiger partial charge in [-0.05, 0) is 73.6 Å². The first-order valence-electron chi connectivity index (χ1n) is 13.7. The van der Waals surface area contributed by atoms with Crippen molar-refractivity contribution in [3.8, 4) is 0 Å². The molecule has 3 N–H and O–H groups in total. The van der Waals surface area contributed by atoms with E-state index >= 15 is 0 Å². The maximum Gasteiger partial charge on any atom is 0.257 e. The number of benzene rings is 1. The molecule has 2 aromatic rings. The largest absolute Gasteiger partial charge is 0.396 e. The van der Waals surface area contributed by atoms with Crippen LogP contribution in [0.25, 0.3) is 0 Å². The summed E-state index contributed by atoms with van der Waals surface area (Å²) in [5.74, 6) is -0.266. The monoisotopic (exact) mass is 543 g/mol. The van der Waals surface area contributed by atoms with Gasteiger partial charge in [0.05, 0.1) is 18.4 Å². The number of nitrogens with zero attached hydrogens (tertiary/aromatic N) is 2. The molecule has 0 radical (unpaired) electrons. The molecule has 2 heterocycles. The van der Waals surface area contributed by atoms with Crippen LogP contribution in [-0.4, -0.2) is 57.7 Å². The van der Waals surface area contributed by atoms with Crippen LogP contribution in [0.1, 0.15) is 79.7 Å². The van der Waals surface area contributed by atoms with Gasteiger partial charge in [0.15, 0.2) is 5.13 Å². The van der Waals surface area contributed by atoms with Gasteiger partial charge in [0.25, 0.3) is 5.91 Å². The predicted molar refractivity (Wildman–Crippen MR) is 145 cm³/mol. The fourth-order valence-electron chi connectivity index (χ4n) is 7.03. The first kappa shape index (κ1) is 27.2. The summed E-state index contributed by atoms with van der Waals surface area (Å²) in [6.07, 6.45) is 3.62. The summed E-state index contributed by atoms with van der Waals surface area (Å²) in [6, 6.07) is 5.36. The highest BCUT2D eigenvalue weighted by Crippen LogP contribution is 2.63. The van der Waals surface area contributed by atoms with E-state index in [1.54, 1.807) is 0 Å². The number of anilines is 1. The number of likely N-dealkylation sites (tertiary alicyclic amines) is 1. The smallest absolute Gasteiger partial charge is 0.257 e. The molecule has 5 rings (SSSR count). The van der Waals surface area contributed by atoms with E-state index in [0.717, 1.165) is 42.9 Å². The summed E-state index contributed by atoms with van der Waals surface area (Å²) in [7, 11) is 0. The second-order valence-corrected chi connectivity index (χ2v) is 13.2. The molecule has 2 aliphatic carbocycles. The maximum absolute atomic E-state index is 13.6. The van der Waals surface area contributed by atoms with Crippen molar-refractivity contribution in [3.63, 3.8) is 0 Å². The van der Waals surface area contributed by atoms with E-state index in [-0.39, 0.29) is 35.7 Å². The number of aromatic nitrogens is 1. The molecule has 1 saturated carbocycles. The first-order valence-corrected chi connectivity index (χ1v) is 14.5. The molecule has 0 bridgehead atoms. The number of thiazole rings is 1. The van der Waals surface area contributed by atoms with Gasteiger partial charge in [0.2, 0.25) is 5.91 Å². The Morgan fingerprint density at radius 3 is 2.53 bits per heavy atom. The molecular weight excluding hydrogens is 505 g/mol. The molecule has 2 amide bonds. The van der Waals surface area contributed by atoms with E-state index in [1.165, 1.54) is 35.6 Å². The summed E-state index contributed by atoms with van der Waals surface area (Å²) in [4.78, 5) is 34.3. The van der Waals surface area contributed by atoms with Gasteiger partial charge >= 0.3 is 0 Å². The van der Waals surface area contributed by atoms with E-state index in [9.17, 15) is 24.2 Å². The minimum Gasteiger partial charge on any atom is -0.396 e. The average molecular weight is 544 g/mol. The van der Waals surface area contributed by atoms with E-state index in [0.29, 0.717) is 35.9 Å². The topological polar surface area (TPSA) is 103 Å². The number of carbonyl (C=O) groups excluding carboxylic acids is 2. The standard InChI is InChI=1S/C29H38FN3O4S/c1-17-9-12-33(13-10-17)24(36)14-20-25-21(15-22-28(20,2)11-8-23(35)29(22,3)16-34)38-27(31-25)32-26(37)18-4-6-19(30)7-5-18/h4-7,17,20,22-23,34-35H,8-16H2,1-3H3,(H,31,32,37)/t20-,22+,23-,28+,29+/m1/s1. The second-order valence-electron chi connectivity index (χ2n) is 12.1. The van der Waals surface area contributed by atoms with Crippen LogP contribution < -0.4 is 5.32 Å². The molecule has 1 saturated heterocycles. The Kier molecular flexibility index (Phi) is 7.39. The molecule has 0 unspecified atom stereocenters. The van der Waals surface area contributed by atoms with E-state index in [1.807, 2.05) is 11.8 Å². The highest BCUT2D eigenvalue weighted by atomic mass is 32.1. The lowest BCUT2D eigenvalue weighted by atomic mass is 9.47. The van der Waals surface area contributed by atoms with Crippen molar-refractivity contribution >= 4 is 28.3 Å². The summed E-state index contributed by atoms with van der Waals surface area (Å²) >= 11 is 1.39. The summed E-state index contributed by atoms with van der Waals surface area (Å²) in [5, 5.41) is 24.7. The van der Waals surface area contributed by atoms with E-state index < -0.39 is 17.3 Å². The van der Waals surface area contributed by atoms with Gasteiger partial charge in [-0.2, -0.15) is 0 Å². The third kappa shape index (κ3) is 4.77. The molecule has 1 aromatic heterocycles. The van der Waals surface area contributed by atoms with Crippen LogP contribution in [0.15, 0.2) is 24.3 Å². The molecule has 1 aromatic carbocycles. The Balaban J connectivity index is 1.48. The number of piperidine rings is 1. The number of nitrogens with one attached hydrogen (secondary N) is 1. The molecule has 206 valence electrons. The van der Waals surface area contributed by atoms with Crippen LogP contribution in [0.3, 0.4) is 0 Å². The quantitative estimate of drug-likeness (QED) is 0.512. The molecule has 9 heteroatoms. The number of carbonyl (C=O) groups is 2. The zero-order valence-electron chi connectivity index (χ0n) is 22.4. The van der Waals surface area contributed by atoms with Crippen molar-refractivity contribution < 1.29 is 24.2 Å². The molecule has 5 atom stereocenters. The normalized spacial score (nSPS) is 31.4. The number of hydrogen-bond donors (Lipinski definition) is 3. The van der Waals surface area contributed by atoms with Crippen LogP contribution >= 0.6 is 11.3 Å². The lowest BCUT2D eigenvalue weighted by Gasteiger charge is -2.58. The van der Waals surface area contributed by atoms with Crippen molar-refractivity contribution in [1.29, 1.82) is 0 Å². The molecule has 0 spiro atoms. The van der Waals surface area contributed by atoms with Gasteiger partial charge in [0.1, 0.15) is 5.82 Å². The Morgan fingerprint density at radius 2 is 1.87 bits per heavy atom. The third-order valence-corrected chi connectivity index (χ3v) is 10.7. The molecule has 7 nitrogen and oxygen atoms in total. The van der Waals surface area contributed by atoms with Crippen LogP contribution in [0.5, 0.6) is 0 Å². The highest BCUT2D eigenvalue weighted by molar-refractivity contribution is 7.15. The van der Waals surface area contributed by atoms with Crippen molar-refractivity contribution in [3.05, 3.63) is 46.2 Å². The van der Waals surface area contributed by atoms with Gasteiger partial charge in [-0.1, -0.05) is 20.8 Å². The van der Waals surface area contributed by atoms with E-state index in [4.69, 9.17) is 4.98 Å². The fourth-order valence-corrected chi connectivity index (χ4v) is 8.10. The highest BCUT2D eigenvalue weighted by Gasteiger charge is 2.59. The SMILES string of the molecule is CC1CCN(C(=O)C[C@@H]2c3nc(NC(=O)c4ccc(F)cc4)sc3C[C@@H]3[C@](C)(CO)[C@H](O)CC[C@]32C)CC1. The lowest BCUT2D eigenvalue weighted by Crippen LogP contribution is -2.57. The predicted octanol–water partition coefficient (Wildman–Crippen LogP) is 4.60. The molecular formula is C29H38FN3O4S. The number of aliphatic hydroxyl groups is 2. The van der Waals surface area contributed by atoms with Gasteiger partial charge < -0.3 is 15.1 Å². The number of fused-ring (bicyclic) bond motifs is 2. The first-order chi connectivity index (χ1) is 18.0. The van der Waals surface area contributed by atoms with Crippen LogP contribution in [0, 0.1) is 28.5 Å². The summed E-state index contributed by atoms with van der Waals surface area (Å²) in [6.45, 7) is 7.76. The summed E-state index contributed by atoms with van der Waals surface area (Å²) in [5.41, 5.74) is 0.142. The third-order valence-electron chi connectivity index (χ3n) is 9.74. The minimum absolute atomic E-state index is 0.0449. The van der Waals surface area contributed by atoms with Crippen LogP contribution in [-0.2, 0) is 11.2 Å². The second kappa shape index (κ2) is 10.3. The zero-order valence-corrected chi connectivity index (χ0v) is 23.2. The van der Waals surface area contributed by atoms with Gasteiger partial charge in [-0.3, -0.25) is 14.9 Å². The Labute approximate surface area is 227 Å². The Morgan fingerprint density at radius 1 is 1.18 bits per heavy atom. The summed E-state index contributed by atoms with van der Waals surface area (Å²) < 4.78 is 13.3. The number of halogens is 1. The van der Waals surface area contributed by atoms with Crippen molar-refractivity contribution in [2.24, 2.45) is 22.7 Å². The fraction of sp³-hybridized carbons (Fsp3) is 0.621. The maximum atomic E-state index is 13.6.